The molecular weight excluding hydrogens is 425 g/mol. The Morgan fingerprint density at radius 3 is 1.97 bits per heavy atom. The molecule has 2 amide bonds. The molecule has 3 rings (SSSR count). The van der Waals surface area contributed by atoms with Crippen molar-refractivity contribution in [3.05, 3.63) is 60.4 Å². The summed E-state index contributed by atoms with van der Waals surface area (Å²) in [5, 5.41) is 8.36. The van der Waals surface area contributed by atoms with Crippen molar-refractivity contribution in [3.63, 3.8) is 0 Å². The van der Waals surface area contributed by atoms with Crippen molar-refractivity contribution in [2.75, 3.05) is 34.9 Å². The molecule has 3 N–H and O–H groups in total. The summed E-state index contributed by atoms with van der Waals surface area (Å²) in [6.07, 6.45) is -4.77. The van der Waals surface area contributed by atoms with Crippen molar-refractivity contribution >= 4 is 34.7 Å². The van der Waals surface area contributed by atoms with Gasteiger partial charge in [0.05, 0.1) is 0 Å². The first-order valence-electron chi connectivity index (χ1n) is 9.41. The van der Waals surface area contributed by atoms with Gasteiger partial charge in [0.2, 0.25) is 0 Å². The molecule has 11 heteroatoms. The fourth-order valence-corrected chi connectivity index (χ4v) is 2.66. The van der Waals surface area contributed by atoms with E-state index < -0.39 is 12.4 Å². The van der Waals surface area contributed by atoms with Crippen molar-refractivity contribution in [2.45, 2.75) is 13.3 Å². The third kappa shape index (κ3) is 6.76. The average Bonchev–Trinajstić information content (AvgIpc) is 2.69. The summed E-state index contributed by atoms with van der Waals surface area (Å²) in [6, 6.07) is 13.0. The molecule has 0 aliphatic carbocycles. The third-order valence-electron chi connectivity index (χ3n) is 4.04. The average molecular weight is 446 g/mol. The number of halogens is 3. The van der Waals surface area contributed by atoms with Gasteiger partial charge in [0.25, 0.3) is 0 Å². The maximum atomic E-state index is 12.2. The van der Waals surface area contributed by atoms with Gasteiger partial charge in [-0.3, -0.25) is 0 Å². The molecule has 0 fully saturated rings. The van der Waals surface area contributed by atoms with E-state index in [1.807, 2.05) is 25.1 Å². The number of hydrogen-bond donors (Lipinski definition) is 3. The number of nitrogens with one attached hydrogen (secondary N) is 3. The number of amides is 2. The van der Waals surface area contributed by atoms with Gasteiger partial charge in [-0.2, -0.15) is 0 Å². The molecule has 0 radical (unpaired) electrons. The van der Waals surface area contributed by atoms with Crippen LogP contribution in [-0.2, 0) is 0 Å². The summed E-state index contributed by atoms with van der Waals surface area (Å²) in [7, 11) is 3.78. The van der Waals surface area contributed by atoms with Gasteiger partial charge in [-0.25, -0.2) is 14.8 Å². The zero-order valence-electron chi connectivity index (χ0n) is 17.5. The second-order valence-electron chi connectivity index (χ2n) is 6.91. The highest BCUT2D eigenvalue weighted by Gasteiger charge is 2.30. The normalized spacial score (nSPS) is 10.9. The lowest BCUT2D eigenvalue weighted by molar-refractivity contribution is -0.274. The molecule has 0 unspecified atom stereocenters. The summed E-state index contributed by atoms with van der Waals surface area (Å²) in [5.74, 6) is 1.67. The Morgan fingerprint density at radius 2 is 1.44 bits per heavy atom. The van der Waals surface area contributed by atoms with E-state index in [9.17, 15) is 18.0 Å². The lowest BCUT2D eigenvalue weighted by Crippen LogP contribution is -2.19. The van der Waals surface area contributed by atoms with Crippen LogP contribution in [0.4, 0.5) is 46.7 Å². The van der Waals surface area contributed by atoms with E-state index in [0.29, 0.717) is 23.0 Å². The number of aryl methyl sites for hydroxylation is 1. The number of benzene rings is 2. The Morgan fingerprint density at radius 1 is 0.906 bits per heavy atom. The number of anilines is 5. The minimum absolute atomic E-state index is 0.311. The number of hydrogen-bond acceptors (Lipinski definition) is 6. The van der Waals surface area contributed by atoms with Crippen LogP contribution in [0.1, 0.15) is 5.82 Å². The van der Waals surface area contributed by atoms with Crippen LogP contribution < -0.4 is 25.6 Å². The molecule has 8 nitrogen and oxygen atoms in total. The topological polar surface area (TPSA) is 91.4 Å². The highest BCUT2D eigenvalue weighted by atomic mass is 19.4. The van der Waals surface area contributed by atoms with Crippen LogP contribution in [-0.4, -0.2) is 36.5 Å². The highest BCUT2D eigenvalue weighted by molar-refractivity contribution is 5.99. The number of urea groups is 1. The number of rotatable bonds is 6. The molecule has 32 heavy (non-hydrogen) atoms. The third-order valence-corrected chi connectivity index (χ3v) is 4.04. The van der Waals surface area contributed by atoms with Crippen LogP contribution in [0, 0.1) is 6.92 Å². The molecule has 0 aliphatic rings. The maximum absolute atomic E-state index is 12.2. The molecule has 0 spiro atoms. The second-order valence-corrected chi connectivity index (χ2v) is 6.91. The summed E-state index contributed by atoms with van der Waals surface area (Å²) < 4.78 is 40.4. The largest absolute Gasteiger partial charge is 0.573 e. The molecule has 0 saturated carbocycles. The van der Waals surface area contributed by atoms with Crippen LogP contribution >= 0.6 is 0 Å². The van der Waals surface area contributed by atoms with Crippen molar-refractivity contribution in [1.29, 1.82) is 0 Å². The van der Waals surface area contributed by atoms with Gasteiger partial charge in [-0.15, -0.1) is 13.2 Å². The molecule has 0 saturated heterocycles. The number of aromatic nitrogens is 2. The van der Waals surface area contributed by atoms with Crippen LogP contribution in [0.3, 0.4) is 0 Å². The van der Waals surface area contributed by atoms with Crippen molar-refractivity contribution < 1.29 is 22.7 Å². The molecule has 0 bridgehead atoms. The lowest BCUT2D eigenvalue weighted by Gasteiger charge is -2.14. The van der Waals surface area contributed by atoms with E-state index in [1.165, 1.54) is 12.1 Å². The minimum Gasteiger partial charge on any atom is -0.406 e. The van der Waals surface area contributed by atoms with E-state index >= 15 is 0 Å². The second kappa shape index (κ2) is 9.41. The van der Waals surface area contributed by atoms with Crippen molar-refractivity contribution in [2.24, 2.45) is 0 Å². The molecule has 1 heterocycles. The molecule has 168 valence electrons. The molecular formula is C21H21F3N6O2. The van der Waals surface area contributed by atoms with E-state index in [2.05, 4.69) is 30.7 Å². The zero-order valence-corrected chi connectivity index (χ0v) is 17.5. The quantitative estimate of drug-likeness (QED) is 0.486. The predicted molar refractivity (Wildman–Crippen MR) is 117 cm³/mol. The van der Waals surface area contributed by atoms with Crippen LogP contribution in [0.15, 0.2) is 54.6 Å². The van der Waals surface area contributed by atoms with E-state index in [-0.39, 0.29) is 5.75 Å². The van der Waals surface area contributed by atoms with Gasteiger partial charge in [-0.1, -0.05) is 0 Å². The highest BCUT2D eigenvalue weighted by Crippen LogP contribution is 2.24. The number of alkyl halides is 3. The van der Waals surface area contributed by atoms with Gasteiger partial charge < -0.3 is 25.6 Å². The fourth-order valence-electron chi connectivity index (χ4n) is 2.66. The predicted octanol–water partition coefficient (Wildman–Crippen LogP) is 5.14. The summed E-state index contributed by atoms with van der Waals surface area (Å²) in [4.78, 5) is 22.7. The van der Waals surface area contributed by atoms with Crippen molar-refractivity contribution in [1.82, 2.24) is 9.97 Å². The monoisotopic (exact) mass is 446 g/mol. The standard InChI is InChI=1S/C21H21F3N6O2/c1-13-25-18(12-19(26-13)30(2)3)27-14-4-6-15(7-5-14)28-20(31)29-16-8-10-17(11-9-16)32-21(22,23)24/h4-12H,1-3H3,(H,25,26,27)(H2,28,29,31). The summed E-state index contributed by atoms with van der Waals surface area (Å²) >= 11 is 0. The van der Waals surface area contributed by atoms with Crippen molar-refractivity contribution in [3.8, 4) is 5.75 Å². The number of nitrogens with zero attached hydrogens (tertiary/aromatic N) is 3. The number of ether oxygens (including phenoxy) is 1. The summed E-state index contributed by atoms with van der Waals surface area (Å²) in [6.45, 7) is 1.81. The molecule has 0 atom stereocenters. The Kier molecular flexibility index (Phi) is 6.67. The van der Waals surface area contributed by atoms with Gasteiger partial charge in [0, 0.05) is 37.2 Å². The van der Waals surface area contributed by atoms with Gasteiger partial charge in [0.1, 0.15) is 23.2 Å². The molecule has 0 aliphatic heterocycles. The Labute approximate surface area is 182 Å². The van der Waals surface area contributed by atoms with Crippen LogP contribution in [0.5, 0.6) is 5.75 Å². The Bertz CT molecular complexity index is 1070. The molecule has 3 aromatic rings. The fraction of sp³-hybridized carbons (Fsp3) is 0.190. The van der Waals surface area contributed by atoms with Gasteiger partial charge in [0.15, 0.2) is 0 Å². The lowest BCUT2D eigenvalue weighted by atomic mass is 10.2. The van der Waals surface area contributed by atoms with Gasteiger partial charge in [-0.05, 0) is 55.5 Å². The molecule has 1 aromatic heterocycles. The number of carbonyl (C=O) groups excluding carboxylic acids is 1. The van der Waals surface area contributed by atoms with E-state index in [4.69, 9.17) is 0 Å². The van der Waals surface area contributed by atoms with Crippen LogP contribution in [0.2, 0.25) is 0 Å². The first-order valence-corrected chi connectivity index (χ1v) is 9.41. The molecule has 2 aromatic carbocycles. The SMILES string of the molecule is Cc1nc(Nc2ccc(NC(=O)Nc3ccc(OC(F)(F)F)cc3)cc2)cc(N(C)C)n1. The number of carbonyl (C=O) groups is 1. The van der Waals surface area contributed by atoms with Gasteiger partial charge >= 0.3 is 12.4 Å². The van der Waals surface area contributed by atoms with E-state index in [0.717, 1.165) is 23.6 Å². The Balaban J connectivity index is 1.57. The first kappa shape index (κ1) is 22.7. The zero-order chi connectivity index (χ0) is 23.3. The smallest absolute Gasteiger partial charge is 0.406 e. The maximum Gasteiger partial charge on any atom is 0.573 e. The Hall–Kier alpha value is -4.02. The van der Waals surface area contributed by atoms with E-state index in [1.54, 1.807) is 31.2 Å². The first-order chi connectivity index (χ1) is 15.1. The minimum atomic E-state index is -4.77. The summed E-state index contributed by atoms with van der Waals surface area (Å²) in [5.41, 5.74) is 1.60. The van der Waals surface area contributed by atoms with Crippen LogP contribution in [0.25, 0.3) is 0 Å².